The molecule has 1 aliphatic carbocycles. The molecular formula is C17H22N2O3. The van der Waals surface area contributed by atoms with Crippen molar-refractivity contribution in [3.63, 3.8) is 0 Å². The molecule has 22 heavy (non-hydrogen) atoms. The predicted molar refractivity (Wildman–Crippen MR) is 82.5 cm³/mol. The van der Waals surface area contributed by atoms with Crippen LogP contribution < -0.4 is 10.5 Å². The Morgan fingerprint density at radius 3 is 2.36 bits per heavy atom. The predicted octanol–water partition coefficient (Wildman–Crippen LogP) is 1.96. The normalized spacial score (nSPS) is 22.0. The minimum atomic E-state index is -0.324. The Hall–Kier alpha value is -2.04. The van der Waals surface area contributed by atoms with Gasteiger partial charge >= 0.3 is 0 Å². The molecule has 118 valence electrons. The molecule has 2 fully saturated rings. The molecule has 1 saturated heterocycles. The second kappa shape index (κ2) is 6.38. The van der Waals surface area contributed by atoms with Gasteiger partial charge in [-0.3, -0.25) is 9.59 Å². The largest absolute Gasteiger partial charge is 0.490 e. The zero-order valence-electron chi connectivity index (χ0n) is 12.7. The van der Waals surface area contributed by atoms with Crippen LogP contribution >= 0.6 is 0 Å². The van der Waals surface area contributed by atoms with Gasteiger partial charge in [-0.2, -0.15) is 0 Å². The number of rotatable bonds is 4. The van der Waals surface area contributed by atoms with Crippen molar-refractivity contribution < 1.29 is 14.3 Å². The molecule has 1 heterocycles. The first-order valence-electron chi connectivity index (χ1n) is 7.99. The number of hydrogen-bond donors (Lipinski definition) is 1. The summed E-state index contributed by atoms with van der Waals surface area (Å²) in [6.45, 7) is 1.02. The standard InChI is InChI=1S/C17H22N2O3/c18-16(20)13-9-10-19(11-13)17(21)12-5-7-15(8-6-12)22-14-3-1-2-4-14/h5-8,13-14H,1-4,9-11H2,(H2,18,20)/t13-/m1/s1. The van der Waals surface area contributed by atoms with Gasteiger partial charge in [0.15, 0.2) is 0 Å². The van der Waals surface area contributed by atoms with Crippen LogP contribution in [0.4, 0.5) is 0 Å². The zero-order valence-corrected chi connectivity index (χ0v) is 12.7. The lowest BCUT2D eigenvalue weighted by atomic mass is 10.1. The van der Waals surface area contributed by atoms with E-state index in [4.69, 9.17) is 10.5 Å². The molecule has 2 aliphatic rings. The molecule has 0 radical (unpaired) electrons. The molecule has 3 rings (SSSR count). The lowest BCUT2D eigenvalue weighted by Gasteiger charge is -2.17. The van der Waals surface area contributed by atoms with Crippen LogP contribution in [0.15, 0.2) is 24.3 Å². The molecule has 0 bridgehead atoms. The van der Waals surface area contributed by atoms with E-state index < -0.39 is 0 Å². The minimum Gasteiger partial charge on any atom is -0.490 e. The Kier molecular flexibility index (Phi) is 4.32. The summed E-state index contributed by atoms with van der Waals surface area (Å²) < 4.78 is 5.90. The third kappa shape index (κ3) is 3.24. The minimum absolute atomic E-state index is 0.0452. The van der Waals surface area contributed by atoms with Gasteiger partial charge in [0.2, 0.25) is 5.91 Å². The van der Waals surface area contributed by atoms with Gasteiger partial charge in [0.1, 0.15) is 5.75 Å². The van der Waals surface area contributed by atoms with E-state index in [0.717, 1.165) is 18.6 Å². The molecule has 5 heteroatoms. The van der Waals surface area contributed by atoms with E-state index in [9.17, 15) is 9.59 Å². The van der Waals surface area contributed by atoms with Gasteiger partial charge in [0.05, 0.1) is 12.0 Å². The van der Waals surface area contributed by atoms with E-state index in [-0.39, 0.29) is 17.7 Å². The monoisotopic (exact) mass is 302 g/mol. The van der Waals surface area contributed by atoms with Gasteiger partial charge in [-0.15, -0.1) is 0 Å². The summed E-state index contributed by atoms with van der Waals surface area (Å²) in [5.74, 6) is 0.237. The molecule has 5 nitrogen and oxygen atoms in total. The number of primary amides is 1. The third-order valence-corrected chi connectivity index (χ3v) is 4.58. The van der Waals surface area contributed by atoms with Gasteiger partial charge in [-0.25, -0.2) is 0 Å². The van der Waals surface area contributed by atoms with Crippen molar-refractivity contribution in [2.24, 2.45) is 11.7 Å². The maximum Gasteiger partial charge on any atom is 0.253 e. The summed E-state index contributed by atoms with van der Waals surface area (Å²) in [4.78, 5) is 25.3. The van der Waals surface area contributed by atoms with Gasteiger partial charge < -0.3 is 15.4 Å². The van der Waals surface area contributed by atoms with Crippen molar-refractivity contribution in [1.29, 1.82) is 0 Å². The molecule has 1 aromatic carbocycles. The summed E-state index contributed by atoms with van der Waals surface area (Å²) in [7, 11) is 0. The lowest BCUT2D eigenvalue weighted by molar-refractivity contribution is -0.121. The van der Waals surface area contributed by atoms with Gasteiger partial charge in [-0.1, -0.05) is 0 Å². The van der Waals surface area contributed by atoms with Crippen LogP contribution in [0.1, 0.15) is 42.5 Å². The first-order valence-corrected chi connectivity index (χ1v) is 7.99. The van der Waals surface area contributed by atoms with Crippen LogP contribution in [0.3, 0.4) is 0 Å². The summed E-state index contributed by atoms with van der Waals surface area (Å²) in [6.07, 6.45) is 5.67. The fraction of sp³-hybridized carbons (Fsp3) is 0.529. The summed E-state index contributed by atoms with van der Waals surface area (Å²) in [5, 5.41) is 0. The maximum absolute atomic E-state index is 12.4. The Bertz CT molecular complexity index is 550. The molecule has 2 N–H and O–H groups in total. The number of carbonyl (C=O) groups excluding carboxylic acids is 2. The fourth-order valence-corrected chi connectivity index (χ4v) is 3.23. The molecule has 1 aliphatic heterocycles. The van der Waals surface area contributed by atoms with Crippen molar-refractivity contribution in [3.05, 3.63) is 29.8 Å². The van der Waals surface area contributed by atoms with E-state index in [0.29, 0.717) is 31.2 Å². The van der Waals surface area contributed by atoms with Crippen molar-refractivity contribution in [2.45, 2.75) is 38.2 Å². The molecule has 1 atom stereocenters. The van der Waals surface area contributed by atoms with Crippen molar-refractivity contribution in [1.82, 2.24) is 4.90 Å². The highest BCUT2D eigenvalue weighted by molar-refractivity contribution is 5.95. The Labute approximate surface area is 130 Å². The average Bonchev–Trinajstić information content (AvgIpc) is 3.18. The quantitative estimate of drug-likeness (QED) is 0.924. The number of nitrogens with two attached hydrogens (primary N) is 1. The Morgan fingerprint density at radius 2 is 1.77 bits per heavy atom. The van der Waals surface area contributed by atoms with E-state index in [1.165, 1.54) is 12.8 Å². The third-order valence-electron chi connectivity index (χ3n) is 4.58. The topological polar surface area (TPSA) is 72.6 Å². The SMILES string of the molecule is NC(=O)[C@@H]1CCN(C(=O)c2ccc(OC3CCCC3)cc2)C1. The number of benzene rings is 1. The first kappa shape index (κ1) is 14.9. The molecule has 1 saturated carbocycles. The number of ether oxygens (including phenoxy) is 1. The smallest absolute Gasteiger partial charge is 0.253 e. The van der Waals surface area contributed by atoms with Crippen molar-refractivity contribution in [3.8, 4) is 5.75 Å². The maximum atomic E-state index is 12.4. The number of likely N-dealkylation sites (tertiary alicyclic amines) is 1. The summed E-state index contributed by atoms with van der Waals surface area (Å²) in [6, 6.07) is 7.30. The second-order valence-electron chi connectivity index (χ2n) is 6.19. The van der Waals surface area contributed by atoms with E-state index in [1.54, 1.807) is 17.0 Å². The second-order valence-corrected chi connectivity index (χ2v) is 6.19. The molecule has 1 aromatic rings. The number of carbonyl (C=O) groups is 2. The van der Waals surface area contributed by atoms with E-state index >= 15 is 0 Å². The molecular weight excluding hydrogens is 280 g/mol. The molecule has 2 amide bonds. The van der Waals surface area contributed by atoms with Crippen LogP contribution in [0.5, 0.6) is 5.75 Å². The van der Waals surface area contributed by atoms with E-state index in [2.05, 4.69) is 0 Å². The van der Waals surface area contributed by atoms with Gasteiger partial charge in [0.25, 0.3) is 5.91 Å². The molecule has 0 spiro atoms. The number of nitrogens with zero attached hydrogens (tertiary/aromatic N) is 1. The number of hydrogen-bond acceptors (Lipinski definition) is 3. The summed E-state index contributed by atoms with van der Waals surface area (Å²) >= 11 is 0. The highest BCUT2D eigenvalue weighted by Gasteiger charge is 2.30. The highest BCUT2D eigenvalue weighted by atomic mass is 16.5. The summed E-state index contributed by atoms with van der Waals surface area (Å²) in [5.41, 5.74) is 5.93. The highest BCUT2D eigenvalue weighted by Crippen LogP contribution is 2.25. The van der Waals surface area contributed by atoms with Crippen LogP contribution in [0.2, 0.25) is 0 Å². The first-order chi connectivity index (χ1) is 10.6. The van der Waals surface area contributed by atoms with Crippen molar-refractivity contribution >= 4 is 11.8 Å². The molecule has 0 unspecified atom stereocenters. The van der Waals surface area contributed by atoms with Gasteiger partial charge in [0, 0.05) is 18.7 Å². The van der Waals surface area contributed by atoms with Crippen LogP contribution in [-0.4, -0.2) is 35.9 Å². The Balaban J connectivity index is 1.60. The fourth-order valence-electron chi connectivity index (χ4n) is 3.23. The average molecular weight is 302 g/mol. The van der Waals surface area contributed by atoms with Crippen molar-refractivity contribution in [2.75, 3.05) is 13.1 Å². The zero-order chi connectivity index (χ0) is 15.5. The Morgan fingerprint density at radius 1 is 1.09 bits per heavy atom. The van der Waals surface area contributed by atoms with Crippen LogP contribution in [0, 0.1) is 5.92 Å². The molecule has 0 aromatic heterocycles. The van der Waals surface area contributed by atoms with Crippen LogP contribution in [0.25, 0.3) is 0 Å². The van der Waals surface area contributed by atoms with Crippen LogP contribution in [-0.2, 0) is 4.79 Å². The van der Waals surface area contributed by atoms with Gasteiger partial charge in [-0.05, 0) is 56.4 Å². The lowest BCUT2D eigenvalue weighted by Crippen LogP contribution is -2.31. The van der Waals surface area contributed by atoms with E-state index in [1.807, 2.05) is 12.1 Å². The number of amides is 2.